The van der Waals surface area contributed by atoms with Gasteiger partial charge in [0.1, 0.15) is 0 Å². The van der Waals surface area contributed by atoms with Crippen LogP contribution < -0.4 is 5.32 Å². The molecule has 3 rings (SSSR count). The lowest BCUT2D eigenvalue weighted by Crippen LogP contribution is -2.25. The van der Waals surface area contributed by atoms with E-state index in [-0.39, 0.29) is 0 Å². The van der Waals surface area contributed by atoms with Gasteiger partial charge >= 0.3 is 0 Å². The Labute approximate surface area is 105 Å². The second-order valence-corrected chi connectivity index (χ2v) is 5.54. The van der Waals surface area contributed by atoms with Crippen molar-refractivity contribution in [1.29, 1.82) is 0 Å². The van der Waals surface area contributed by atoms with Crippen LogP contribution >= 0.6 is 11.3 Å². The highest BCUT2D eigenvalue weighted by atomic mass is 32.1. The van der Waals surface area contributed by atoms with Gasteiger partial charge in [0.05, 0.1) is 6.54 Å². The number of hydrogen-bond acceptors (Lipinski definition) is 3. The average Bonchev–Trinajstić information content (AvgIpc) is 3.10. The van der Waals surface area contributed by atoms with Crippen molar-refractivity contribution in [2.24, 2.45) is 0 Å². The van der Waals surface area contributed by atoms with Crippen LogP contribution in [0.25, 0.3) is 10.1 Å². The minimum atomic E-state index is 0.292. The van der Waals surface area contributed by atoms with Crippen LogP contribution in [0.3, 0.4) is 0 Å². The van der Waals surface area contributed by atoms with E-state index in [2.05, 4.69) is 22.8 Å². The minimum Gasteiger partial charge on any atom is -0.307 e. The molecule has 0 unspecified atom stereocenters. The van der Waals surface area contributed by atoms with Crippen molar-refractivity contribution < 1.29 is 4.79 Å². The highest BCUT2D eigenvalue weighted by Gasteiger charge is 2.21. The quantitative estimate of drug-likeness (QED) is 0.877. The minimum absolute atomic E-state index is 0.292. The Morgan fingerprint density at radius 3 is 3.00 bits per heavy atom. The number of fused-ring (bicyclic) bond motifs is 1. The maximum absolute atomic E-state index is 11.8. The largest absolute Gasteiger partial charge is 0.307 e. The molecule has 0 atom stereocenters. The third kappa shape index (κ3) is 2.56. The van der Waals surface area contributed by atoms with Crippen molar-refractivity contribution in [3.8, 4) is 0 Å². The van der Waals surface area contributed by atoms with E-state index in [1.807, 2.05) is 12.1 Å². The molecule has 1 heterocycles. The molecule has 1 aliphatic rings. The maximum Gasteiger partial charge on any atom is 0.151 e. The number of carbonyl (C=O) groups is 1. The molecule has 1 aromatic carbocycles. The lowest BCUT2D eigenvalue weighted by atomic mass is 10.1. The lowest BCUT2D eigenvalue weighted by Gasteiger charge is -2.01. The van der Waals surface area contributed by atoms with Crippen LogP contribution in [0.2, 0.25) is 0 Å². The zero-order valence-electron chi connectivity index (χ0n) is 9.61. The van der Waals surface area contributed by atoms with Crippen molar-refractivity contribution >= 4 is 27.2 Å². The summed E-state index contributed by atoms with van der Waals surface area (Å²) in [6.45, 7) is 0.523. The van der Waals surface area contributed by atoms with Gasteiger partial charge in [-0.25, -0.2) is 0 Å². The Morgan fingerprint density at radius 1 is 1.35 bits per heavy atom. The van der Waals surface area contributed by atoms with Gasteiger partial charge in [-0.3, -0.25) is 4.79 Å². The van der Waals surface area contributed by atoms with E-state index >= 15 is 0 Å². The van der Waals surface area contributed by atoms with E-state index in [4.69, 9.17) is 0 Å². The zero-order chi connectivity index (χ0) is 11.7. The third-order valence-corrected chi connectivity index (χ3v) is 4.13. The van der Waals surface area contributed by atoms with Crippen molar-refractivity contribution in [3.63, 3.8) is 0 Å². The van der Waals surface area contributed by atoms with Crippen molar-refractivity contribution in [2.45, 2.75) is 25.3 Å². The predicted octanol–water partition coefficient (Wildman–Crippen LogP) is 2.76. The summed E-state index contributed by atoms with van der Waals surface area (Å²) >= 11 is 1.72. The molecular weight excluding hydrogens is 230 g/mol. The van der Waals surface area contributed by atoms with Crippen molar-refractivity contribution in [1.82, 2.24) is 5.32 Å². The molecule has 0 bridgehead atoms. The number of carbonyl (C=O) groups excluding carboxylic acids is 1. The normalized spacial score (nSPS) is 15.3. The Bertz CT molecular complexity index is 542. The molecule has 1 N–H and O–H groups in total. The van der Waals surface area contributed by atoms with Crippen molar-refractivity contribution in [2.75, 3.05) is 6.54 Å². The first-order chi connectivity index (χ1) is 8.33. The Kier molecular flexibility index (Phi) is 2.95. The maximum atomic E-state index is 11.8. The van der Waals surface area contributed by atoms with E-state index in [1.54, 1.807) is 11.3 Å². The molecule has 17 heavy (non-hydrogen) atoms. The first kappa shape index (κ1) is 10.9. The molecule has 1 aliphatic carbocycles. The van der Waals surface area contributed by atoms with Crippen LogP contribution in [0, 0.1) is 0 Å². The molecule has 1 aromatic heterocycles. The summed E-state index contributed by atoms with van der Waals surface area (Å²) in [5.41, 5.74) is 1.17. The fourth-order valence-electron chi connectivity index (χ4n) is 1.99. The second-order valence-electron chi connectivity index (χ2n) is 4.63. The number of hydrogen-bond donors (Lipinski definition) is 1. The lowest BCUT2D eigenvalue weighted by molar-refractivity contribution is -0.117. The predicted molar refractivity (Wildman–Crippen MR) is 71.6 cm³/mol. The smallest absolute Gasteiger partial charge is 0.151 e. The van der Waals surface area contributed by atoms with Crippen LogP contribution in [-0.2, 0) is 11.2 Å². The van der Waals surface area contributed by atoms with Gasteiger partial charge in [-0.2, -0.15) is 0 Å². The van der Waals surface area contributed by atoms with Crippen LogP contribution in [0.4, 0.5) is 0 Å². The standard InChI is InChI=1S/C14H15NOS/c16-12(8-15-11-5-6-11)7-10-9-17-14-4-2-1-3-13(10)14/h1-4,9,11,15H,5-8H2. The molecule has 0 saturated heterocycles. The fourth-order valence-corrected chi connectivity index (χ4v) is 2.95. The van der Waals surface area contributed by atoms with Gasteiger partial charge in [-0.1, -0.05) is 18.2 Å². The van der Waals surface area contributed by atoms with E-state index in [9.17, 15) is 4.79 Å². The van der Waals surface area contributed by atoms with E-state index in [1.165, 1.54) is 28.5 Å². The first-order valence-corrected chi connectivity index (χ1v) is 6.91. The molecule has 0 radical (unpaired) electrons. The second kappa shape index (κ2) is 4.59. The topological polar surface area (TPSA) is 29.1 Å². The fraction of sp³-hybridized carbons (Fsp3) is 0.357. The molecule has 1 saturated carbocycles. The van der Waals surface area contributed by atoms with Gasteiger partial charge < -0.3 is 5.32 Å². The zero-order valence-corrected chi connectivity index (χ0v) is 10.4. The molecule has 0 aliphatic heterocycles. The molecule has 0 amide bonds. The number of benzene rings is 1. The van der Waals surface area contributed by atoms with Gasteiger partial charge in [-0.05, 0) is 35.2 Å². The Morgan fingerprint density at radius 2 is 2.18 bits per heavy atom. The summed E-state index contributed by atoms with van der Waals surface area (Å²) in [7, 11) is 0. The van der Waals surface area contributed by atoms with Crippen LogP contribution in [-0.4, -0.2) is 18.4 Å². The average molecular weight is 245 g/mol. The molecule has 1 fully saturated rings. The van der Waals surface area contributed by atoms with Crippen LogP contribution in [0.15, 0.2) is 29.6 Å². The third-order valence-electron chi connectivity index (χ3n) is 3.11. The first-order valence-electron chi connectivity index (χ1n) is 6.03. The van der Waals surface area contributed by atoms with Gasteiger partial charge in [0.15, 0.2) is 5.78 Å². The molecule has 3 heteroatoms. The van der Waals surface area contributed by atoms with Gasteiger partial charge in [0.25, 0.3) is 0 Å². The monoisotopic (exact) mass is 245 g/mol. The van der Waals surface area contributed by atoms with Crippen LogP contribution in [0.5, 0.6) is 0 Å². The molecule has 2 nitrogen and oxygen atoms in total. The number of rotatable bonds is 5. The molecule has 88 valence electrons. The highest BCUT2D eigenvalue weighted by Crippen LogP contribution is 2.26. The van der Waals surface area contributed by atoms with Crippen LogP contribution in [0.1, 0.15) is 18.4 Å². The summed E-state index contributed by atoms with van der Waals surface area (Å²) in [5, 5.41) is 6.62. The molecule has 0 spiro atoms. The number of Topliss-reactive ketones (excluding diaryl/α,β-unsaturated/α-hetero) is 1. The molecule has 2 aromatic rings. The molecular formula is C14H15NOS. The van der Waals surface area contributed by atoms with E-state index < -0.39 is 0 Å². The Balaban J connectivity index is 1.68. The number of nitrogens with one attached hydrogen (secondary N) is 1. The van der Waals surface area contributed by atoms with Gasteiger partial charge in [0.2, 0.25) is 0 Å². The summed E-state index contributed by atoms with van der Waals surface area (Å²) in [6, 6.07) is 8.89. The summed E-state index contributed by atoms with van der Waals surface area (Å²) in [5.74, 6) is 0.292. The summed E-state index contributed by atoms with van der Waals surface area (Å²) in [6.07, 6.45) is 3.02. The number of ketones is 1. The van der Waals surface area contributed by atoms with Gasteiger partial charge in [0, 0.05) is 17.2 Å². The number of thiophene rings is 1. The Hall–Kier alpha value is -1.19. The SMILES string of the molecule is O=C(CNC1CC1)Cc1csc2ccccc12. The van der Waals surface area contributed by atoms with Crippen molar-refractivity contribution in [3.05, 3.63) is 35.2 Å². The summed E-state index contributed by atoms with van der Waals surface area (Å²) < 4.78 is 1.27. The highest BCUT2D eigenvalue weighted by molar-refractivity contribution is 7.17. The summed E-state index contributed by atoms with van der Waals surface area (Å²) in [4.78, 5) is 11.8. The van der Waals surface area contributed by atoms with E-state index in [0.717, 1.165) is 0 Å². The van der Waals surface area contributed by atoms with E-state index in [0.29, 0.717) is 24.8 Å². The van der Waals surface area contributed by atoms with Gasteiger partial charge in [-0.15, -0.1) is 11.3 Å².